The third-order valence-corrected chi connectivity index (χ3v) is 5.83. The zero-order chi connectivity index (χ0) is 22.5. The topological polar surface area (TPSA) is 113 Å². The first-order valence-electron chi connectivity index (χ1n) is 11.0. The number of carbonyl (C=O) groups is 2. The maximum absolute atomic E-state index is 12.3. The van der Waals surface area contributed by atoms with Crippen molar-refractivity contribution in [1.82, 2.24) is 25.3 Å². The van der Waals surface area contributed by atoms with Crippen LogP contribution in [0.5, 0.6) is 5.75 Å². The summed E-state index contributed by atoms with van der Waals surface area (Å²) in [4.78, 5) is 33.4. The minimum Gasteiger partial charge on any atom is -0.495 e. The molecule has 0 spiro atoms. The van der Waals surface area contributed by atoms with Gasteiger partial charge in [0.25, 0.3) is 0 Å². The highest BCUT2D eigenvalue weighted by molar-refractivity contribution is 5.93. The number of para-hydroxylation sites is 2. The van der Waals surface area contributed by atoms with Gasteiger partial charge in [-0.05, 0) is 31.9 Å². The summed E-state index contributed by atoms with van der Waals surface area (Å²) in [6, 6.07) is 7.48. The first-order valence-corrected chi connectivity index (χ1v) is 11.0. The Hall–Kier alpha value is -2.98. The van der Waals surface area contributed by atoms with E-state index in [1.54, 1.807) is 19.2 Å². The molecule has 1 aromatic heterocycles. The number of piperazine rings is 1. The Bertz CT molecular complexity index is 936. The third kappa shape index (κ3) is 5.83. The molecule has 0 radical (unpaired) electrons. The van der Waals surface area contributed by atoms with E-state index in [0.717, 1.165) is 39.0 Å². The average Bonchev–Trinajstić information content (AvgIpc) is 3.51. The van der Waals surface area contributed by atoms with E-state index < -0.39 is 0 Å². The molecule has 2 amide bonds. The van der Waals surface area contributed by atoms with Gasteiger partial charge in [0.05, 0.1) is 31.8 Å². The summed E-state index contributed by atoms with van der Waals surface area (Å²) in [6.07, 6.45) is 2.21. The molecule has 1 aliphatic carbocycles. The zero-order valence-electron chi connectivity index (χ0n) is 18.5. The van der Waals surface area contributed by atoms with Gasteiger partial charge in [0.15, 0.2) is 5.82 Å². The normalized spacial score (nSPS) is 18.2. The van der Waals surface area contributed by atoms with Gasteiger partial charge in [-0.2, -0.15) is 4.98 Å². The van der Waals surface area contributed by atoms with Crippen molar-refractivity contribution in [3.05, 3.63) is 36.0 Å². The minimum atomic E-state index is -0.242. The Morgan fingerprint density at radius 1 is 1.22 bits per heavy atom. The molecule has 1 aliphatic heterocycles. The van der Waals surface area contributed by atoms with Gasteiger partial charge in [-0.3, -0.25) is 19.4 Å². The number of methoxy groups -OCH3 is 1. The molecule has 1 atom stereocenters. The SMILES string of the molecule is COc1ccccc1NC(=O)Cc1noc(CN2CCN(C(C)C(=O)NC3CC3)CC2)n1. The lowest BCUT2D eigenvalue weighted by atomic mass is 10.2. The van der Waals surface area contributed by atoms with Crippen LogP contribution in [0.25, 0.3) is 0 Å². The van der Waals surface area contributed by atoms with Crippen LogP contribution in [-0.2, 0) is 22.6 Å². The molecule has 172 valence electrons. The van der Waals surface area contributed by atoms with Crippen LogP contribution in [0.2, 0.25) is 0 Å². The predicted octanol–water partition coefficient (Wildman–Crippen LogP) is 1.04. The number of benzene rings is 1. The second kappa shape index (κ2) is 10.1. The Morgan fingerprint density at radius 2 is 1.97 bits per heavy atom. The van der Waals surface area contributed by atoms with E-state index in [1.807, 2.05) is 19.1 Å². The molecule has 4 rings (SSSR count). The Labute approximate surface area is 187 Å². The van der Waals surface area contributed by atoms with Crippen LogP contribution in [0.1, 0.15) is 31.5 Å². The van der Waals surface area contributed by atoms with Crippen LogP contribution >= 0.6 is 0 Å². The van der Waals surface area contributed by atoms with E-state index in [9.17, 15) is 9.59 Å². The molecule has 1 aromatic carbocycles. The number of anilines is 1. The van der Waals surface area contributed by atoms with E-state index in [2.05, 4.69) is 30.6 Å². The number of amides is 2. The number of carbonyl (C=O) groups excluding carboxylic acids is 2. The molecule has 1 saturated heterocycles. The maximum atomic E-state index is 12.3. The molecule has 2 aliphatic rings. The van der Waals surface area contributed by atoms with E-state index in [0.29, 0.717) is 35.7 Å². The average molecular weight is 443 g/mol. The second-order valence-electron chi connectivity index (χ2n) is 8.30. The minimum absolute atomic E-state index is 0.0168. The first-order chi connectivity index (χ1) is 15.5. The third-order valence-electron chi connectivity index (χ3n) is 5.83. The first kappa shape index (κ1) is 22.2. The molecular weight excluding hydrogens is 412 g/mol. The lowest BCUT2D eigenvalue weighted by Crippen LogP contribution is -2.53. The Kier molecular flexibility index (Phi) is 7.01. The van der Waals surface area contributed by atoms with E-state index in [1.165, 1.54) is 0 Å². The molecule has 32 heavy (non-hydrogen) atoms. The van der Waals surface area contributed by atoms with Crippen LogP contribution in [0, 0.1) is 0 Å². The molecule has 2 aromatic rings. The van der Waals surface area contributed by atoms with Crippen molar-refractivity contribution in [1.29, 1.82) is 0 Å². The van der Waals surface area contributed by atoms with Gasteiger partial charge in [0.1, 0.15) is 5.75 Å². The molecule has 2 heterocycles. The van der Waals surface area contributed by atoms with Crippen molar-refractivity contribution in [2.45, 2.75) is 44.8 Å². The second-order valence-corrected chi connectivity index (χ2v) is 8.30. The molecular formula is C22H30N6O4. The maximum Gasteiger partial charge on any atom is 0.240 e. The molecule has 0 bridgehead atoms. The number of ether oxygens (including phenoxy) is 1. The molecule has 1 unspecified atom stereocenters. The number of hydrogen-bond donors (Lipinski definition) is 2. The van der Waals surface area contributed by atoms with Crippen molar-refractivity contribution in [3.63, 3.8) is 0 Å². The summed E-state index contributed by atoms with van der Waals surface area (Å²) in [6.45, 7) is 5.73. The molecule has 2 N–H and O–H groups in total. The van der Waals surface area contributed by atoms with Crippen molar-refractivity contribution in [2.24, 2.45) is 0 Å². The summed E-state index contributed by atoms with van der Waals surface area (Å²) in [7, 11) is 1.56. The van der Waals surface area contributed by atoms with Gasteiger partial charge < -0.3 is 19.9 Å². The molecule has 1 saturated carbocycles. The summed E-state index contributed by atoms with van der Waals surface area (Å²) < 4.78 is 10.6. The molecule has 2 fully saturated rings. The number of nitrogens with zero attached hydrogens (tertiary/aromatic N) is 4. The van der Waals surface area contributed by atoms with Crippen molar-refractivity contribution < 1.29 is 18.8 Å². The van der Waals surface area contributed by atoms with E-state index in [4.69, 9.17) is 9.26 Å². The van der Waals surface area contributed by atoms with Gasteiger partial charge >= 0.3 is 0 Å². The fourth-order valence-corrected chi connectivity index (χ4v) is 3.73. The van der Waals surface area contributed by atoms with E-state index in [-0.39, 0.29) is 24.3 Å². The monoisotopic (exact) mass is 442 g/mol. The van der Waals surface area contributed by atoms with Gasteiger partial charge in [0, 0.05) is 32.2 Å². The van der Waals surface area contributed by atoms with Gasteiger partial charge in [0.2, 0.25) is 17.7 Å². The largest absolute Gasteiger partial charge is 0.495 e. The van der Waals surface area contributed by atoms with Gasteiger partial charge in [-0.25, -0.2) is 0 Å². The fourth-order valence-electron chi connectivity index (χ4n) is 3.73. The standard InChI is InChI=1S/C22H30N6O4/c1-15(22(30)23-16-7-8-16)28-11-9-27(10-12-28)14-21-25-19(26-32-21)13-20(29)24-17-5-3-4-6-18(17)31-2/h3-6,15-16H,7-14H2,1-2H3,(H,23,30)(H,24,29). The fraction of sp³-hybridized carbons (Fsp3) is 0.545. The molecule has 10 heteroatoms. The van der Waals surface area contributed by atoms with Crippen molar-refractivity contribution in [2.75, 3.05) is 38.6 Å². The number of aromatic nitrogens is 2. The number of hydrogen-bond acceptors (Lipinski definition) is 8. The smallest absolute Gasteiger partial charge is 0.240 e. The summed E-state index contributed by atoms with van der Waals surface area (Å²) in [5.41, 5.74) is 0.599. The summed E-state index contributed by atoms with van der Waals surface area (Å²) in [5.74, 6) is 1.30. The molecule has 10 nitrogen and oxygen atoms in total. The highest BCUT2D eigenvalue weighted by Gasteiger charge is 2.30. The zero-order valence-corrected chi connectivity index (χ0v) is 18.5. The van der Waals surface area contributed by atoms with Crippen LogP contribution in [-0.4, -0.2) is 77.1 Å². The van der Waals surface area contributed by atoms with Crippen molar-refractivity contribution >= 4 is 17.5 Å². The highest BCUT2D eigenvalue weighted by atomic mass is 16.5. The van der Waals surface area contributed by atoms with Crippen LogP contribution in [0.3, 0.4) is 0 Å². The summed E-state index contributed by atoms with van der Waals surface area (Å²) >= 11 is 0. The quantitative estimate of drug-likeness (QED) is 0.593. The lowest BCUT2D eigenvalue weighted by molar-refractivity contribution is -0.126. The Balaban J connectivity index is 1.22. The van der Waals surface area contributed by atoms with E-state index >= 15 is 0 Å². The van der Waals surface area contributed by atoms with Crippen LogP contribution < -0.4 is 15.4 Å². The van der Waals surface area contributed by atoms with Crippen molar-refractivity contribution in [3.8, 4) is 5.75 Å². The number of nitrogens with one attached hydrogen (secondary N) is 2. The van der Waals surface area contributed by atoms with Gasteiger partial charge in [-0.1, -0.05) is 17.3 Å². The van der Waals surface area contributed by atoms with Crippen LogP contribution in [0.15, 0.2) is 28.8 Å². The summed E-state index contributed by atoms with van der Waals surface area (Å²) in [5, 5.41) is 9.82. The Morgan fingerprint density at radius 3 is 2.69 bits per heavy atom. The van der Waals surface area contributed by atoms with Crippen LogP contribution in [0.4, 0.5) is 5.69 Å². The number of rotatable bonds is 9. The predicted molar refractivity (Wildman–Crippen MR) is 117 cm³/mol. The highest BCUT2D eigenvalue weighted by Crippen LogP contribution is 2.23. The van der Waals surface area contributed by atoms with Gasteiger partial charge in [-0.15, -0.1) is 0 Å². The lowest BCUT2D eigenvalue weighted by Gasteiger charge is -2.36.